The molecule has 0 saturated carbocycles. The number of nitrogens with two attached hydrogens (primary N) is 1. The minimum absolute atomic E-state index is 0.121. The summed E-state index contributed by atoms with van der Waals surface area (Å²) in [5.74, 6) is -0.687. The molecule has 3 rings (SSSR count). The van der Waals surface area contributed by atoms with Crippen LogP contribution in [0.3, 0.4) is 0 Å². The van der Waals surface area contributed by atoms with Crippen molar-refractivity contribution in [2.24, 2.45) is 0 Å². The van der Waals surface area contributed by atoms with Gasteiger partial charge in [0.25, 0.3) is 0 Å². The van der Waals surface area contributed by atoms with Crippen LogP contribution in [-0.4, -0.2) is 26.7 Å². The summed E-state index contributed by atoms with van der Waals surface area (Å²) in [6.07, 6.45) is 1.36. The Bertz CT molecular complexity index is 951. The van der Waals surface area contributed by atoms with Crippen molar-refractivity contribution in [3.8, 4) is 5.69 Å². The van der Waals surface area contributed by atoms with E-state index in [1.807, 2.05) is 0 Å². The van der Waals surface area contributed by atoms with Crippen LogP contribution in [0.25, 0.3) is 5.69 Å². The number of benzene rings is 2. The van der Waals surface area contributed by atoms with Crippen LogP contribution in [0, 0.1) is 5.82 Å². The molecule has 0 saturated heterocycles. The Morgan fingerprint density at radius 2 is 1.80 bits per heavy atom. The highest BCUT2D eigenvalue weighted by Gasteiger charge is 2.18. The Kier molecular flexibility index (Phi) is 4.76. The van der Waals surface area contributed by atoms with Gasteiger partial charge in [0.05, 0.1) is 22.8 Å². The number of ketones is 2. The van der Waals surface area contributed by atoms with E-state index in [-0.39, 0.29) is 34.1 Å². The first kappa shape index (κ1) is 17.0. The van der Waals surface area contributed by atoms with Crippen LogP contribution >= 0.6 is 15.9 Å². The Labute approximate surface area is 151 Å². The van der Waals surface area contributed by atoms with Crippen molar-refractivity contribution in [2.45, 2.75) is 0 Å². The van der Waals surface area contributed by atoms with Gasteiger partial charge in [0.15, 0.2) is 11.6 Å². The van der Waals surface area contributed by atoms with E-state index in [1.54, 1.807) is 18.2 Å². The molecule has 7 heteroatoms. The molecule has 0 bridgehead atoms. The van der Waals surface area contributed by atoms with Crippen LogP contribution in [0.5, 0.6) is 0 Å². The summed E-state index contributed by atoms with van der Waals surface area (Å²) in [6, 6.07) is 12.0. The van der Waals surface area contributed by atoms with Crippen LogP contribution in [0.1, 0.15) is 26.3 Å². The van der Waals surface area contributed by atoms with Gasteiger partial charge in [-0.1, -0.05) is 34.1 Å². The Morgan fingerprint density at radius 1 is 1.12 bits per heavy atom. The number of alkyl halides is 1. The van der Waals surface area contributed by atoms with Gasteiger partial charge >= 0.3 is 0 Å². The van der Waals surface area contributed by atoms with Gasteiger partial charge in [0.2, 0.25) is 0 Å². The van der Waals surface area contributed by atoms with Crippen molar-refractivity contribution in [2.75, 3.05) is 11.1 Å². The molecule has 0 aliphatic heterocycles. The summed E-state index contributed by atoms with van der Waals surface area (Å²) in [5.41, 5.74) is 7.59. The lowest BCUT2D eigenvalue weighted by Gasteiger charge is -2.06. The van der Waals surface area contributed by atoms with Crippen LogP contribution < -0.4 is 5.73 Å². The van der Waals surface area contributed by atoms with Gasteiger partial charge in [-0.05, 0) is 30.3 Å². The molecule has 0 radical (unpaired) electrons. The standard InChI is InChI=1S/C18H13BrFN3O2/c19-9-16(24)11-2-1-3-12(8-11)17(25)15-10-22-23(18(15)21)14-6-4-13(20)5-7-14/h1-8,10H,9,21H2. The number of hydrogen-bond acceptors (Lipinski definition) is 4. The summed E-state index contributed by atoms with van der Waals surface area (Å²) >= 11 is 3.11. The summed E-state index contributed by atoms with van der Waals surface area (Å²) < 4.78 is 14.4. The lowest BCUT2D eigenvalue weighted by Crippen LogP contribution is -2.08. The molecule has 0 aliphatic rings. The second kappa shape index (κ2) is 6.98. The fraction of sp³-hybridized carbons (Fsp3) is 0.0556. The molecule has 5 nitrogen and oxygen atoms in total. The summed E-state index contributed by atoms with van der Waals surface area (Å²) in [5, 5.41) is 4.29. The molecule has 2 N–H and O–H groups in total. The number of anilines is 1. The lowest BCUT2D eigenvalue weighted by atomic mass is 10.0. The highest BCUT2D eigenvalue weighted by Crippen LogP contribution is 2.21. The number of carbonyl (C=O) groups excluding carboxylic acids is 2. The molecule has 1 aromatic heterocycles. The highest BCUT2D eigenvalue weighted by molar-refractivity contribution is 9.09. The number of hydrogen-bond donors (Lipinski definition) is 1. The van der Waals surface area contributed by atoms with Crippen LogP contribution in [0.4, 0.5) is 10.2 Å². The van der Waals surface area contributed by atoms with Gasteiger partial charge in [-0.2, -0.15) is 5.10 Å². The van der Waals surface area contributed by atoms with Gasteiger partial charge in [-0.15, -0.1) is 0 Å². The first-order chi connectivity index (χ1) is 12.0. The largest absolute Gasteiger partial charge is 0.383 e. The summed E-state index contributed by atoms with van der Waals surface area (Å²) in [7, 11) is 0. The summed E-state index contributed by atoms with van der Waals surface area (Å²) in [6.45, 7) is 0. The van der Waals surface area contributed by atoms with E-state index >= 15 is 0 Å². The van der Waals surface area contributed by atoms with E-state index in [1.165, 1.54) is 41.2 Å². The summed E-state index contributed by atoms with van der Waals surface area (Å²) in [4.78, 5) is 24.5. The maximum absolute atomic E-state index is 13.0. The molecule has 0 fully saturated rings. The molecule has 1 heterocycles. The molecule has 0 unspecified atom stereocenters. The van der Waals surface area contributed by atoms with Crippen molar-refractivity contribution < 1.29 is 14.0 Å². The minimum atomic E-state index is -0.376. The molecule has 2 aromatic carbocycles. The lowest BCUT2D eigenvalue weighted by molar-refractivity contribution is 0.102. The zero-order valence-corrected chi connectivity index (χ0v) is 14.5. The monoisotopic (exact) mass is 401 g/mol. The number of nitrogen functional groups attached to an aromatic ring is 1. The molecule has 0 amide bonds. The Morgan fingerprint density at radius 3 is 2.48 bits per heavy atom. The number of rotatable bonds is 5. The predicted molar refractivity (Wildman–Crippen MR) is 95.9 cm³/mol. The number of halogens is 2. The van der Waals surface area contributed by atoms with Crippen LogP contribution in [0.15, 0.2) is 54.7 Å². The van der Waals surface area contributed by atoms with Crippen molar-refractivity contribution in [1.29, 1.82) is 0 Å². The molecule has 3 aromatic rings. The molecule has 0 aliphatic carbocycles. The van der Waals surface area contributed by atoms with Gasteiger partial charge in [0.1, 0.15) is 11.6 Å². The fourth-order valence-electron chi connectivity index (χ4n) is 2.39. The smallest absolute Gasteiger partial charge is 0.198 e. The maximum atomic E-state index is 13.0. The normalized spacial score (nSPS) is 10.6. The average molecular weight is 402 g/mol. The van der Waals surface area contributed by atoms with Gasteiger partial charge in [-0.3, -0.25) is 9.59 Å². The first-order valence-electron chi connectivity index (χ1n) is 7.34. The van der Waals surface area contributed by atoms with E-state index in [0.29, 0.717) is 16.8 Å². The van der Waals surface area contributed by atoms with Crippen molar-refractivity contribution >= 4 is 33.3 Å². The zero-order chi connectivity index (χ0) is 18.0. The van der Waals surface area contributed by atoms with E-state index in [4.69, 9.17) is 5.73 Å². The van der Waals surface area contributed by atoms with E-state index < -0.39 is 0 Å². The molecule has 0 atom stereocenters. The van der Waals surface area contributed by atoms with Gasteiger partial charge in [0, 0.05) is 11.1 Å². The SMILES string of the molecule is Nc1c(C(=O)c2cccc(C(=O)CBr)c2)cnn1-c1ccc(F)cc1. The van der Waals surface area contributed by atoms with Crippen molar-refractivity contribution in [1.82, 2.24) is 9.78 Å². The molecule has 126 valence electrons. The second-order valence-corrected chi connectivity index (χ2v) is 5.86. The molecular weight excluding hydrogens is 389 g/mol. The highest BCUT2D eigenvalue weighted by atomic mass is 79.9. The fourth-order valence-corrected chi connectivity index (χ4v) is 2.71. The number of carbonyl (C=O) groups is 2. The second-order valence-electron chi connectivity index (χ2n) is 5.30. The van der Waals surface area contributed by atoms with E-state index in [9.17, 15) is 14.0 Å². The number of aromatic nitrogens is 2. The molecule has 25 heavy (non-hydrogen) atoms. The van der Waals surface area contributed by atoms with Crippen molar-refractivity contribution in [3.63, 3.8) is 0 Å². The minimum Gasteiger partial charge on any atom is -0.383 e. The predicted octanol–water partition coefficient (Wildman–Crippen LogP) is 3.40. The van der Waals surface area contributed by atoms with E-state index in [2.05, 4.69) is 21.0 Å². The quantitative estimate of drug-likeness (QED) is 0.524. The van der Waals surface area contributed by atoms with Gasteiger partial charge in [-0.25, -0.2) is 9.07 Å². The van der Waals surface area contributed by atoms with Crippen molar-refractivity contribution in [3.05, 3.63) is 77.2 Å². The average Bonchev–Trinajstić information content (AvgIpc) is 3.02. The van der Waals surface area contributed by atoms with Crippen LogP contribution in [-0.2, 0) is 0 Å². The van der Waals surface area contributed by atoms with Gasteiger partial charge < -0.3 is 5.73 Å². The zero-order valence-electron chi connectivity index (χ0n) is 12.9. The van der Waals surface area contributed by atoms with Crippen LogP contribution in [0.2, 0.25) is 0 Å². The first-order valence-corrected chi connectivity index (χ1v) is 8.47. The van der Waals surface area contributed by atoms with E-state index in [0.717, 1.165) is 0 Å². The molecule has 0 spiro atoms. The third-order valence-electron chi connectivity index (χ3n) is 3.69. The topological polar surface area (TPSA) is 78.0 Å². The Balaban J connectivity index is 1.96. The third-order valence-corrected chi connectivity index (χ3v) is 4.20. The maximum Gasteiger partial charge on any atom is 0.198 e. The molecular formula is C18H13BrFN3O2. The number of nitrogens with zero attached hydrogens (tertiary/aromatic N) is 2. The number of Topliss-reactive ketones (excluding diaryl/α,β-unsaturated/α-hetero) is 1. The Hall–Kier alpha value is -2.80. The third kappa shape index (κ3) is 3.36.